The Morgan fingerprint density at radius 3 is 2.50 bits per heavy atom. The van der Waals surface area contributed by atoms with Crippen molar-refractivity contribution in [2.75, 3.05) is 0 Å². The highest BCUT2D eigenvalue weighted by Gasteiger charge is 2.17. The van der Waals surface area contributed by atoms with E-state index in [4.69, 9.17) is 5.73 Å². The van der Waals surface area contributed by atoms with Crippen LogP contribution in [0, 0.1) is 6.92 Å². The van der Waals surface area contributed by atoms with Crippen molar-refractivity contribution in [3.05, 3.63) is 77.4 Å². The van der Waals surface area contributed by atoms with Crippen molar-refractivity contribution in [3.8, 4) is 10.4 Å². The lowest BCUT2D eigenvalue weighted by molar-refractivity contribution is 0.0996. The van der Waals surface area contributed by atoms with Gasteiger partial charge in [0.2, 0.25) is 0 Å². The minimum atomic E-state index is -0.560. The quantitative estimate of drug-likeness (QED) is 0.601. The second-order valence-electron chi connectivity index (χ2n) is 6.11. The number of rotatable bonds is 4. The Morgan fingerprint density at radius 1 is 1.08 bits per heavy atom. The van der Waals surface area contributed by atoms with Crippen molar-refractivity contribution >= 4 is 27.3 Å². The SMILES string of the molecule is Cc1ccc(-c2cc3c(Cc4ccncc4)nnc(C(N)=O)c3s2)cc1. The third-order valence-corrected chi connectivity index (χ3v) is 5.41. The van der Waals surface area contributed by atoms with E-state index < -0.39 is 5.91 Å². The first-order valence-corrected chi connectivity index (χ1v) is 8.98. The molecular weight excluding hydrogens is 344 g/mol. The molecule has 0 aliphatic rings. The summed E-state index contributed by atoms with van der Waals surface area (Å²) >= 11 is 1.52. The summed E-state index contributed by atoms with van der Waals surface area (Å²) < 4.78 is 0.784. The van der Waals surface area contributed by atoms with Gasteiger partial charge in [-0.25, -0.2) is 0 Å². The highest BCUT2D eigenvalue weighted by molar-refractivity contribution is 7.22. The zero-order valence-electron chi connectivity index (χ0n) is 14.1. The molecule has 0 fully saturated rings. The molecule has 0 atom stereocenters. The summed E-state index contributed by atoms with van der Waals surface area (Å²) in [4.78, 5) is 16.9. The molecule has 5 nitrogen and oxygen atoms in total. The van der Waals surface area contributed by atoms with Gasteiger partial charge < -0.3 is 5.73 Å². The van der Waals surface area contributed by atoms with Crippen LogP contribution in [0.1, 0.15) is 27.3 Å². The number of amides is 1. The highest BCUT2D eigenvalue weighted by atomic mass is 32.1. The Labute approximate surface area is 154 Å². The van der Waals surface area contributed by atoms with Crippen molar-refractivity contribution in [3.63, 3.8) is 0 Å². The summed E-state index contributed by atoms with van der Waals surface area (Å²) in [7, 11) is 0. The number of hydrogen-bond donors (Lipinski definition) is 1. The zero-order valence-corrected chi connectivity index (χ0v) is 15.0. The minimum Gasteiger partial charge on any atom is -0.364 e. The fourth-order valence-electron chi connectivity index (χ4n) is 2.84. The van der Waals surface area contributed by atoms with Crippen LogP contribution in [0.4, 0.5) is 0 Å². The molecule has 4 rings (SSSR count). The molecule has 1 aromatic carbocycles. The number of carbonyl (C=O) groups is 1. The maximum absolute atomic E-state index is 11.8. The van der Waals surface area contributed by atoms with Gasteiger partial charge in [-0.1, -0.05) is 29.8 Å². The van der Waals surface area contributed by atoms with Crippen LogP contribution in [0.2, 0.25) is 0 Å². The number of primary amides is 1. The summed E-state index contributed by atoms with van der Waals surface area (Å²) in [6, 6.07) is 14.3. The molecule has 0 aliphatic carbocycles. The van der Waals surface area contributed by atoms with Gasteiger partial charge in [0, 0.05) is 29.1 Å². The molecule has 0 saturated carbocycles. The molecule has 0 saturated heterocycles. The maximum Gasteiger partial charge on any atom is 0.270 e. The number of nitrogens with two attached hydrogens (primary N) is 1. The van der Waals surface area contributed by atoms with E-state index in [2.05, 4.69) is 52.4 Å². The van der Waals surface area contributed by atoms with Gasteiger partial charge in [-0.15, -0.1) is 16.4 Å². The van der Waals surface area contributed by atoms with E-state index in [0.29, 0.717) is 6.42 Å². The number of hydrogen-bond acceptors (Lipinski definition) is 5. The predicted octanol–water partition coefficient (Wildman–Crippen LogP) is 3.75. The molecule has 26 heavy (non-hydrogen) atoms. The second-order valence-corrected chi connectivity index (χ2v) is 7.16. The van der Waals surface area contributed by atoms with E-state index in [0.717, 1.165) is 31.8 Å². The van der Waals surface area contributed by atoms with Crippen molar-refractivity contribution in [2.24, 2.45) is 5.73 Å². The summed E-state index contributed by atoms with van der Waals surface area (Å²) in [5, 5.41) is 9.30. The van der Waals surface area contributed by atoms with E-state index in [-0.39, 0.29) is 5.69 Å². The molecule has 1 amide bonds. The van der Waals surface area contributed by atoms with E-state index >= 15 is 0 Å². The van der Waals surface area contributed by atoms with Crippen molar-refractivity contribution in [2.45, 2.75) is 13.3 Å². The average Bonchev–Trinajstić information content (AvgIpc) is 3.09. The van der Waals surface area contributed by atoms with Crippen molar-refractivity contribution in [1.29, 1.82) is 0 Å². The lowest BCUT2D eigenvalue weighted by atomic mass is 10.1. The molecule has 2 N–H and O–H groups in total. The van der Waals surface area contributed by atoms with Gasteiger partial charge in [0.25, 0.3) is 5.91 Å². The number of aromatic nitrogens is 3. The summed E-state index contributed by atoms with van der Waals surface area (Å²) in [5.41, 5.74) is 9.95. The largest absolute Gasteiger partial charge is 0.364 e. The molecule has 0 radical (unpaired) electrons. The minimum absolute atomic E-state index is 0.224. The van der Waals surface area contributed by atoms with Crippen molar-refractivity contribution < 1.29 is 4.79 Å². The van der Waals surface area contributed by atoms with Gasteiger partial charge in [-0.3, -0.25) is 9.78 Å². The van der Waals surface area contributed by atoms with Crippen LogP contribution in [0.15, 0.2) is 54.9 Å². The van der Waals surface area contributed by atoms with Gasteiger partial charge in [0.15, 0.2) is 5.69 Å². The fourth-order valence-corrected chi connectivity index (χ4v) is 4.01. The predicted molar refractivity (Wildman–Crippen MR) is 103 cm³/mol. The number of carbonyl (C=O) groups excluding carboxylic acids is 1. The fraction of sp³-hybridized carbons (Fsp3) is 0.100. The summed E-state index contributed by atoms with van der Waals surface area (Å²) in [5.74, 6) is -0.560. The van der Waals surface area contributed by atoms with Crippen LogP contribution >= 0.6 is 11.3 Å². The first-order valence-electron chi connectivity index (χ1n) is 8.16. The standard InChI is InChI=1S/C20H16N4OS/c1-12-2-4-14(5-3-12)17-11-15-16(10-13-6-8-22-9-7-13)23-24-18(20(21)25)19(15)26-17/h2-9,11H,10H2,1H3,(H2,21,25). The Balaban J connectivity index is 1.87. The lowest BCUT2D eigenvalue weighted by Crippen LogP contribution is -2.14. The number of thiophene rings is 1. The maximum atomic E-state index is 11.8. The molecule has 128 valence electrons. The number of benzene rings is 1. The van der Waals surface area contributed by atoms with Crippen LogP contribution in [0.5, 0.6) is 0 Å². The van der Waals surface area contributed by atoms with Gasteiger partial charge in [-0.2, -0.15) is 5.10 Å². The zero-order chi connectivity index (χ0) is 18.1. The Hall–Kier alpha value is -3.12. The van der Waals surface area contributed by atoms with Crippen LogP contribution < -0.4 is 5.73 Å². The summed E-state index contributed by atoms with van der Waals surface area (Å²) in [6.45, 7) is 2.06. The Kier molecular flexibility index (Phi) is 4.18. The van der Waals surface area contributed by atoms with Gasteiger partial charge in [-0.05, 0) is 36.2 Å². The third kappa shape index (κ3) is 3.07. The van der Waals surface area contributed by atoms with E-state index in [1.54, 1.807) is 12.4 Å². The molecule has 0 spiro atoms. The Morgan fingerprint density at radius 2 is 1.81 bits per heavy atom. The van der Waals surface area contributed by atoms with Crippen LogP contribution in [0.25, 0.3) is 20.5 Å². The normalized spacial score (nSPS) is 11.0. The summed E-state index contributed by atoms with van der Waals surface area (Å²) in [6.07, 6.45) is 4.13. The smallest absolute Gasteiger partial charge is 0.270 e. The molecule has 0 unspecified atom stereocenters. The average molecular weight is 360 g/mol. The first-order chi connectivity index (χ1) is 12.6. The van der Waals surface area contributed by atoms with Gasteiger partial charge >= 0.3 is 0 Å². The van der Waals surface area contributed by atoms with Gasteiger partial charge in [0.05, 0.1) is 10.4 Å². The highest BCUT2D eigenvalue weighted by Crippen LogP contribution is 2.36. The molecule has 4 aromatic rings. The molecule has 0 aliphatic heterocycles. The number of nitrogens with zero attached hydrogens (tertiary/aromatic N) is 3. The molecule has 3 aromatic heterocycles. The van der Waals surface area contributed by atoms with Crippen molar-refractivity contribution in [1.82, 2.24) is 15.2 Å². The van der Waals surface area contributed by atoms with E-state index in [1.807, 2.05) is 12.1 Å². The van der Waals surface area contributed by atoms with Crippen LogP contribution in [0.3, 0.4) is 0 Å². The third-order valence-electron chi connectivity index (χ3n) is 4.22. The van der Waals surface area contributed by atoms with Gasteiger partial charge in [0.1, 0.15) is 0 Å². The second kappa shape index (κ2) is 6.65. The lowest BCUT2D eigenvalue weighted by Gasteiger charge is -2.03. The topological polar surface area (TPSA) is 81.8 Å². The van der Waals surface area contributed by atoms with Crippen LogP contribution in [-0.2, 0) is 6.42 Å². The number of fused-ring (bicyclic) bond motifs is 1. The molecular formula is C20H16N4OS. The van der Waals surface area contributed by atoms with E-state index in [9.17, 15) is 4.79 Å². The first kappa shape index (κ1) is 16.4. The molecule has 0 bridgehead atoms. The van der Waals surface area contributed by atoms with Crippen LogP contribution in [-0.4, -0.2) is 21.1 Å². The monoisotopic (exact) mass is 360 g/mol. The van der Waals surface area contributed by atoms with E-state index in [1.165, 1.54) is 16.9 Å². The number of pyridine rings is 1. The molecule has 3 heterocycles. The Bertz CT molecular complexity index is 1090. The molecule has 6 heteroatoms. The number of aryl methyl sites for hydroxylation is 1.